The highest BCUT2D eigenvalue weighted by atomic mass is 127. The summed E-state index contributed by atoms with van der Waals surface area (Å²) in [5.74, 6) is 0.402. The Bertz CT molecular complexity index is 823. The van der Waals surface area contributed by atoms with E-state index in [0.29, 0.717) is 36.8 Å². The summed E-state index contributed by atoms with van der Waals surface area (Å²) in [6.07, 6.45) is -4.34. The number of carbonyl (C=O) groups is 1. The Kier molecular flexibility index (Phi) is 9.93. The number of rotatable bonds is 6. The molecule has 0 aliphatic rings. The molecule has 1 amide bonds. The summed E-state index contributed by atoms with van der Waals surface area (Å²) in [6, 6.07) is 12.4. The quantitative estimate of drug-likeness (QED) is 0.298. The van der Waals surface area contributed by atoms with Gasteiger partial charge in [-0.3, -0.25) is 4.79 Å². The molecule has 0 heterocycles. The molecule has 2 rings (SSSR count). The molecular weight excluding hydrogens is 496 g/mol. The Morgan fingerprint density at radius 3 is 2.31 bits per heavy atom. The Morgan fingerprint density at radius 2 is 1.72 bits per heavy atom. The Labute approximate surface area is 185 Å². The first-order valence-corrected chi connectivity index (χ1v) is 8.82. The molecule has 0 saturated carbocycles. The van der Waals surface area contributed by atoms with Crippen molar-refractivity contribution in [3.63, 3.8) is 0 Å². The van der Waals surface area contributed by atoms with Crippen molar-refractivity contribution in [2.75, 3.05) is 11.9 Å². The maximum absolute atomic E-state index is 12.6. The Hall–Kier alpha value is -2.30. The van der Waals surface area contributed by atoms with Crippen LogP contribution in [0, 0.1) is 0 Å². The summed E-state index contributed by atoms with van der Waals surface area (Å²) >= 11 is 0. The summed E-state index contributed by atoms with van der Waals surface area (Å²) < 4.78 is 37.9. The molecule has 0 radical (unpaired) electrons. The molecule has 2 aromatic rings. The van der Waals surface area contributed by atoms with Crippen LogP contribution in [-0.4, -0.2) is 18.4 Å². The van der Waals surface area contributed by atoms with Gasteiger partial charge in [0.2, 0.25) is 5.91 Å². The van der Waals surface area contributed by atoms with E-state index in [1.54, 1.807) is 6.07 Å². The van der Waals surface area contributed by atoms with Crippen LogP contribution in [0.3, 0.4) is 0 Å². The van der Waals surface area contributed by atoms with Gasteiger partial charge < -0.3 is 16.0 Å². The molecule has 9 heteroatoms. The summed E-state index contributed by atoms with van der Waals surface area (Å²) in [4.78, 5) is 15.6. The topological polar surface area (TPSA) is 65.5 Å². The van der Waals surface area contributed by atoms with Gasteiger partial charge in [0.1, 0.15) is 0 Å². The van der Waals surface area contributed by atoms with Crippen LogP contribution in [0.4, 0.5) is 18.9 Å². The van der Waals surface area contributed by atoms with Crippen LogP contribution in [-0.2, 0) is 24.1 Å². The van der Waals surface area contributed by atoms with Crippen molar-refractivity contribution in [3.8, 4) is 0 Å². The van der Waals surface area contributed by atoms with Crippen LogP contribution in [0.15, 0.2) is 53.5 Å². The van der Waals surface area contributed by atoms with Gasteiger partial charge in [-0.15, -0.1) is 24.0 Å². The van der Waals surface area contributed by atoms with Crippen molar-refractivity contribution >= 4 is 41.5 Å². The van der Waals surface area contributed by atoms with Crippen molar-refractivity contribution in [2.45, 2.75) is 33.1 Å². The number of hydrogen-bond acceptors (Lipinski definition) is 2. The predicted molar refractivity (Wildman–Crippen MR) is 119 cm³/mol. The number of nitrogens with zero attached hydrogens (tertiary/aromatic N) is 1. The molecular formula is C20H24F3IN4O. The molecule has 0 unspecified atom stereocenters. The van der Waals surface area contributed by atoms with Crippen molar-refractivity contribution < 1.29 is 18.0 Å². The Balaban J connectivity index is 0.00000420. The minimum absolute atomic E-state index is 0. The summed E-state index contributed by atoms with van der Waals surface area (Å²) in [7, 11) is 0. The number of halogens is 4. The third-order valence-electron chi connectivity index (χ3n) is 3.75. The van der Waals surface area contributed by atoms with Crippen molar-refractivity contribution in [3.05, 3.63) is 65.2 Å². The summed E-state index contributed by atoms with van der Waals surface area (Å²) in [6.45, 7) is 4.74. The first-order valence-electron chi connectivity index (χ1n) is 8.82. The lowest BCUT2D eigenvalue weighted by Crippen LogP contribution is -2.36. The minimum Gasteiger partial charge on any atom is -0.357 e. The van der Waals surface area contributed by atoms with E-state index < -0.39 is 11.7 Å². The second-order valence-corrected chi connectivity index (χ2v) is 6.12. The number of hydrogen-bond donors (Lipinski definition) is 3. The zero-order chi connectivity index (χ0) is 20.6. The van der Waals surface area contributed by atoms with E-state index in [1.165, 1.54) is 19.1 Å². The average molecular weight is 520 g/mol. The number of amides is 1. The fraction of sp³-hybridized carbons (Fsp3) is 0.300. The predicted octanol–water partition coefficient (Wildman–Crippen LogP) is 4.54. The molecule has 3 N–H and O–H groups in total. The van der Waals surface area contributed by atoms with Gasteiger partial charge in [-0.25, -0.2) is 4.99 Å². The van der Waals surface area contributed by atoms with Crippen LogP contribution in [0.1, 0.15) is 30.5 Å². The van der Waals surface area contributed by atoms with Crippen molar-refractivity contribution in [2.24, 2.45) is 4.99 Å². The van der Waals surface area contributed by atoms with Gasteiger partial charge in [0.15, 0.2) is 5.96 Å². The van der Waals surface area contributed by atoms with Crippen LogP contribution < -0.4 is 16.0 Å². The van der Waals surface area contributed by atoms with Crippen LogP contribution in [0.25, 0.3) is 0 Å². The normalized spacial score (nSPS) is 11.4. The lowest BCUT2D eigenvalue weighted by atomic mass is 10.1. The number of guanidine groups is 1. The SMILES string of the molecule is CCNC(=NCc1cccc(NC(C)=O)c1)NCc1ccc(C(F)(F)F)cc1.I. The van der Waals surface area contributed by atoms with Gasteiger partial charge in [0.05, 0.1) is 12.1 Å². The third kappa shape index (κ3) is 8.71. The summed E-state index contributed by atoms with van der Waals surface area (Å²) in [5.41, 5.74) is 1.66. The molecule has 5 nitrogen and oxygen atoms in total. The van der Waals surface area contributed by atoms with E-state index >= 15 is 0 Å². The van der Waals surface area contributed by atoms with Crippen molar-refractivity contribution in [1.82, 2.24) is 10.6 Å². The van der Waals surface area contributed by atoms with E-state index in [0.717, 1.165) is 17.7 Å². The molecule has 0 fully saturated rings. The van der Waals surface area contributed by atoms with Crippen LogP contribution >= 0.6 is 24.0 Å². The second-order valence-electron chi connectivity index (χ2n) is 6.12. The minimum atomic E-state index is -4.34. The molecule has 2 aromatic carbocycles. The molecule has 29 heavy (non-hydrogen) atoms. The average Bonchev–Trinajstić information content (AvgIpc) is 2.63. The van der Waals surface area contributed by atoms with E-state index in [2.05, 4.69) is 20.9 Å². The van der Waals surface area contributed by atoms with Gasteiger partial charge >= 0.3 is 6.18 Å². The monoisotopic (exact) mass is 520 g/mol. The Morgan fingerprint density at radius 1 is 1.03 bits per heavy atom. The molecule has 0 bridgehead atoms. The molecule has 0 saturated heterocycles. The number of aliphatic imine (C=N–C) groups is 1. The molecule has 158 valence electrons. The fourth-order valence-corrected chi connectivity index (χ4v) is 2.46. The number of nitrogens with one attached hydrogen (secondary N) is 3. The lowest BCUT2D eigenvalue weighted by Gasteiger charge is -2.12. The highest BCUT2D eigenvalue weighted by molar-refractivity contribution is 14.0. The van der Waals surface area contributed by atoms with Gasteiger partial charge in [-0.2, -0.15) is 13.2 Å². The largest absolute Gasteiger partial charge is 0.416 e. The number of alkyl halides is 3. The zero-order valence-electron chi connectivity index (χ0n) is 16.1. The van der Waals surface area contributed by atoms with Crippen LogP contribution in [0.5, 0.6) is 0 Å². The molecule has 0 spiro atoms. The molecule has 0 aliphatic heterocycles. The lowest BCUT2D eigenvalue weighted by molar-refractivity contribution is -0.137. The van der Waals surface area contributed by atoms with E-state index in [9.17, 15) is 18.0 Å². The maximum atomic E-state index is 12.6. The second kappa shape index (κ2) is 11.6. The smallest absolute Gasteiger partial charge is 0.357 e. The van der Waals surface area contributed by atoms with E-state index in [4.69, 9.17) is 0 Å². The van der Waals surface area contributed by atoms with Gasteiger partial charge in [0.25, 0.3) is 0 Å². The zero-order valence-corrected chi connectivity index (χ0v) is 18.5. The highest BCUT2D eigenvalue weighted by Gasteiger charge is 2.29. The first-order chi connectivity index (χ1) is 13.3. The van der Waals surface area contributed by atoms with Crippen molar-refractivity contribution in [1.29, 1.82) is 0 Å². The third-order valence-corrected chi connectivity index (χ3v) is 3.75. The maximum Gasteiger partial charge on any atom is 0.416 e. The van der Waals surface area contributed by atoms with E-state index in [-0.39, 0.29) is 29.9 Å². The fourth-order valence-electron chi connectivity index (χ4n) is 2.46. The highest BCUT2D eigenvalue weighted by Crippen LogP contribution is 2.29. The van der Waals surface area contributed by atoms with Gasteiger partial charge in [-0.1, -0.05) is 24.3 Å². The number of anilines is 1. The molecule has 0 aromatic heterocycles. The van der Waals surface area contributed by atoms with E-state index in [1.807, 2.05) is 25.1 Å². The molecule has 0 aliphatic carbocycles. The number of benzene rings is 2. The standard InChI is InChI=1S/C20H23F3N4O.HI/c1-3-24-19(25-12-15-7-9-17(10-8-15)20(21,22)23)26-13-16-5-4-6-18(11-16)27-14(2)28;/h4-11H,3,12-13H2,1-2H3,(H,27,28)(H2,24,25,26);1H. The number of carbonyl (C=O) groups excluding carboxylic acids is 1. The molecule has 0 atom stereocenters. The first kappa shape index (κ1) is 24.7. The van der Waals surface area contributed by atoms with Crippen LogP contribution in [0.2, 0.25) is 0 Å². The van der Waals surface area contributed by atoms with Gasteiger partial charge in [-0.05, 0) is 42.3 Å². The van der Waals surface area contributed by atoms with Gasteiger partial charge in [0, 0.05) is 25.7 Å². The summed E-state index contributed by atoms with van der Waals surface area (Å²) in [5, 5.41) is 8.92.